The first-order valence-corrected chi connectivity index (χ1v) is 2.68. The van der Waals surface area contributed by atoms with Gasteiger partial charge in [0.15, 0.2) is 0 Å². The molecule has 4 nitrogen and oxygen atoms in total. The molecule has 1 aromatic rings. The SMILES string of the molecule is Nc1c[nH][nH]c(=O)c1=S. The van der Waals surface area contributed by atoms with E-state index in [1.54, 1.807) is 0 Å². The van der Waals surface area contributed by atoms with E-state index in [4.69, 9.17) is 5.73 Å². The van der Waals surface area contributed by atoms with Crippen LogP contribution in [0.25, 0.3) is 0 Å². The van der Waals surface area contributed by atoms with Gasteiger partial charge < -0.3 is 10.8 Å². The number of aromatic amines is 2. The Morgan fingerprint density at radius 2 is 2.33 bits per heavy atom. The molecule has 4 N–H and O–H groups in total. The second kappa shape index (κ2) is 2.02. The maximum atomic E-state index is 10.6. The Hall–Kier alpha value is -1.10. The van der Waals surface area contributed by atoms with E-state index in [2.05, 4.69) is 22.4 Å². The zero-order chi connectivity index (χ0) is 6.85. The molecule has 5 heteroatoms. The molecule has 0 saturated carbocycles. The van der Waals surface area contributed by atoms with Gasteiger partial charge in [-0.25, -0.2) is 0 Å². The summed E-state index contributed by atoms with van der Waals surface area (Å²) in [4.78, 5) is 10.6. The van der Waals surface area contributed by atoms with Crippen LogP contribution in [0.3, 0.4) is 0 Å². The molecular weight excluding hydrogens is 138 g/mol. The topological polar surface area (TPSA) is 74.7 Å². The second-order valence-electron chi connectivity index (χ2n) is 1.53. The maximum Gasteiger partial charge on any atom is 0.282 e. The number of H-pyrrole nitrogens is 2. The highest BCUT2D eigenvalue weighted by atomic mass is 32.1. The smallest absolute Gasteiger partial charge is 0.282 e. The highest BCUT2D eigenvalue weighted by Crippen LogP contribution is 1.92. The van der Waals surface area contributed by atoms with Gasteiger partial charge in [0.1, 0.15) is 4.51 Å². The van der Waals surface area contributed by atoms with Crippen molar-refractivity contribution >= 4 is 17.9 Å². The number of nitrogen functional groups attached to an aromatic ring is 1. The van der Waals surface area contributed by atoms with Gasteiger partial charge in [-0.3, -0.25) is 9.89 Å². The third kappa shape index (κ3) is 0.996. The normalized spacial score (nSPS) is 9.33. The number of hydrogen-bond donors (Lipinski definition) is 3. The van der Waals surface area contributed by atoms with E-state index in [0.29, 0.717) is 5.69 Å². The molecule has 0 aromatic carbocycles. The van der Waals surface area contributed by atoms with E-state index >= 15 is 0 Å². The first-order valence-electron chi connectivity index (χ1n) is 2.27. The molecule has 0 bridgehead atoms. The van der Waals surface area contributed by atoms with Gasteiger partial charge in [-0.2, -0.15) is 0 Å². The minimum absolute atomic E-state index is 0.133. The standard InChI is InChI=1S/C4H5N3OS/c5-2-1-6-7-4(8)3(2)9/h1H,(H,6,9)(H3,5,7,8). The van der Waals surface area contributed by atoms with E-state index in [9.17, 15) is 4.79 Å². The Labute approximate surface area is 55.7 Å². The third-order valence-electron chi connectivity index (χ3n) is 0.882. The highest BCUT2D eigenvalue weighted by Gasteiger charge is 1.89. The van der Waals surface area contributed by atoms with Crippen molar-refractivity contribution in [3.63, 3.8) is 0 Å². The van der Waals surface area contributed by atoms with Crippen LogP contribution >= 0.6 is 12.2 Å². The fraction of sp³-hybridized carbons (Fsp3) is 0. The lowest BCUT2D eigenvalue weighted by molar-refractivity contribution is 0.987. The van der Waals surface area contributed by atoms with Crippen molar-refractivity contribution in [3.8, 4) is 0 Å². The molecule has 0 fully saturated rings. The van der Waals surface area contributed by atoms with Gasteiger partial charge >= 0.3 is 0 Å². The molecule has 1 heterocycles. The average Bonchev–Trinajstić information content (AvgIpc) is 1.83. The lowest BCUT2D eigenvalue weighted by Crippen LogP contribution is -2.09. The summed E-state index contributed by atoms with van der Waals surface area (Å²) in [6, 6.07) is 0. The largest absolute Gasteiger partial charge is 0.396 e. The summed E-state index contributed by atoms with van der Waals surface area (Å²) in [5, 5.41) is 4.72. The van der Waals surface area contributed by atoms with Crippen LogP contribution in [-0.4, -0.2) is 10.2 Å². The van der Waals surface area contributed by atoms with Crippen LogP contribution in [0.5, 0.6) is 0 Å². The van der Waals surface area contributed by atoms with Crippen molar-refractivity contribution in [3.05, 3.63) is 21.1 Å². The van der Waals surface area contributed by atoms with Crippen LogP contribution in [0.1, 0.15) is 0 Å². The van der Waals surface area contributed by atoms with Crippen molar-refractivity contribution in [1.82, 2.24) is 10.2 Å². The first-order chi connectivity index (χ1) is 4.22. The van der Waals surface area contributed by atoms with E-state index in [0.717, 1.165) is 0 Å². The number of nitrogens with one attached hydrogen (secondary N) is 2. The summed E-state index contributed by atoms with van der Waals surface area (Å²) in [7, 11) is 0. The Morgan fingerprint density at radius 1 is 1.67 bits per heavy atom. The molecule has 0 radical (unpaired) electrons. The van der Waals surface area contributed by atoms with Gasteiger partial charge in [0.25, 0.3) is 5.56 Å². The Morgan fingerprint density at radius 3 is 2.78 bits per heavy atom. The molecule has 0 atom stereocenters. The summed E-state index contributed by atoms with van der Waals surface area (Å²) in [6.07, 6.45) is 1.43. The summed E-state index contributed by atoms with van der Waals surface area (Å²) < 4.78 is 0.133. The van der Waals surface area contributed by atoms with Crippen molar-refractivity contribution < 1.29 is 0 Å². The number of rotatable bonds is 0. The van der Waals surface area contributed by atoms with Crippen molar-refractivity contribution in [2.24, 2.45) is 0 Å². The molecule has 0 aliphatic heterocycles. The summed E-state index contributed by atoms with van der Waals surface area (Å²) in [6.45, 7) is 0. The van der Waals surface area contributed by atoms with E-state index in [1.165, 1.54) is 6.20 Å². The fourth-order valence-electron chi connectivity index (χ4n) is 0.433. The van der Waals surface area contributed by atoms with Gasteiger partial charge in [-0.15, -0.1) is 0 Å². The monoisotopic (exact) mass is 143 g/mol. The minimum Gasteiger partial charge on any atom is -0.396 e. The second-order valence-corrected chi connectivity index (χ2v) is 1.94. The first kappa shape index (κ1) is 6.03. The number of nitrogens with two attached hydrogens (primary N) is 1. The van der Waals surface area contributed by atoms with Gasteiger partial charge in [0.2, 0.25) is 0 Å². The molecule has 1 rings (SSSR count). The van der Waals surface area contributed by atoms with Gasteiger partial charge in [0.05, 0.1) is 5.69 Å². The van der Waals surface area contributed by atoms with Crippen molar-refractivity contribution in [1.29, 1.82) is 0 Å². The lowest BCUT2D eigenvalue weighted by Gasteiger charge is -1.87. The Bertz CT molecular complexity index is 312. The molecule has 0 amide bonds. The predicted molar refractivity (Wildman–Crippen MR) is 36.7 cm³/mol. The lowest BCUT2D eigenvalue weighted by atomic mass is 10.5. The molecule has 0 unspecified atom stereocenters. The molecule has 0 saturated heterocycles. The summed E-state index contributed by atoms with van der Waals surface area (Å²) >= 11 is 4.61. The quantitative estimate of drug-likeness (QED) is 0.448. The summed E-state index contributed by atoms with van der Waals surface area (Å²) in [5.41, 5.74) is 5.21. The average molecular weight is 143 g/mol. The van der Waals surface area contributed by atoms with Crippen LogP contribution in [0.2, 0.25) is 0 Å². The van der Waals surface area contributed by atoms with Crippen LogP contribution in [0, 0.1) is 4.51 Å². The number of hydrogen-bond acceptors (Lipinski definition) is 3. The molecule has 1 aromatic heterocycles. The molecule has 48 valence electrons. The van der Waals surface area contributed by atoms with Crippen LogP contribution in [0.4, 0.5) is 5.69 Å². The van der Waals surface area contributed by atoms with Crippen LogP contribution < -0.4 is 11.3 Å². The van der Waals surface area contributed by atoms with E-state index < -0.39 is 0 Å². The van der Waals surface area contributed by atoms with Gasteiger partial charge in [-0.1, -0.05) is 12.2 Å². The molecule has 9 heavy (non-hydrogen) atoms. The van der Waals surface area contributed by atoms with E-state index in [1.807, 2.05) is 0 Å². The van der Waals surface area contributed by atoms with Crippen LogP contribution in [-0.2, 0) is 0 Å². The number of aromatic nitrogens is 2. The molecule has 0 aliphatic carbocycles. The predicted octanol–water partition coefficient (Wildman–Crippen LogP) is 0.0147. The van der Waals surface area contributed by atoms with Gasteiger partial charge in [0, 0.05) is 6.20 Å². The maximum absolute atomic E-state index is 10.6. The van der Waals surface area contributed by atoms with Crippen molar-refractivity contribution in [2.75, 3.05) is 5.73 Å². The summed E-state index contributed by atoms with van der Waals surface area (Å²) in [5.74, 6) is 0. The zero-order valence-corrected chi connectivity index (χ0v) is 5.29. The van der Waals surface area contributed by atoms with Gasteiger partial charge in [-0.05, 0) is 0 Å². The highest BCUT2D eigenvalue weighted by molar-refractivity contribution is 7.71. The fourth-order valence-corrected chi connectivity index (χ4v) is 0.543. The Kier molecular flexibility index (Phi) is 1.35. The van der Waals surface area contributed by atoms with E-state index in [-0.39, 0.29) is 10.1 Å². The zero-order valence-electron chi connectivity index (χ0n) is 4.47. The Balaban J connectivity index is 3.63. The third-order valence-corrected chi connectivity index (χ3v) is 1.30. The molecule has 0 spiro atoms. The molecule has 0 aliphatic rings. The van der Waals surface area contributed by atoms with Crippen LogP contribution in [0.15, 0.2) is 11.0 Å². The number of anilines is 1. The minimum atomic E-state index is -0.356. The van der Waals surface area contributed by atoms with Crippen molar-refractivity contribution in [2.45, 2.75) is 0 Å². The molecular formula is C4H5N3OS.